The van der Waals surface area contributed by atoms with Crippen LogP contribution in [0.15, 0.2) is 42.7 Å². The van der Waals surface area contributed by atoms with Crippen molar-refractivity contribution in [1.29, 1.82) is 0 Å². The topological polar surface area (TPSA) is 26.5 Å². The first-order valence-electron chi connectivity index (χ1n) is 7.43. The maximum absolute atomic E-state index is 5.74. The number of aromatic nitrogens is 2. The Morgan fingerprint density at radius 1 is 1.18 bits per heavy atom. The standard InChI is InChI=1S/C18H19ClN2O/c1-13-5-3-9-21-12-16(20-18(13)21)15-6-7-17(14(2)11-15)22-10-4-8-19/h3,5-7,9,11-12H,4,8,10H2,1-2H3. The van der Waals surface area contributed by atoms with Crippen LogP contribution in [0.5, 0.6) is 5.75 Å². The smallest absolute Gasteiger partial charge is 0.140 e. The third kappa shape index (κ3) is 2.95. The fraction of sp³-hybridized carbons (Fsp3) is 0.278. The lowest BCUT2D eigenvalue weighted by atomic mass is 10.1. The molecule has 2 heterocycles. The van der Waals surface area contributed by atoms with Crippen LogP contribution in [-0.4, -0.2) is 21.9 Å². The van der Waals surface area contributed by atoms with Gasteiger partial charge in [-0.3, -0.25) is 0 Å². The highest BCUT2D eigenvalue weighted by atomic mass is 35.5. The molecule has 22 heavy (non-hydrogen) atoms. The molecule has 1 aromatic carbocycles. The molecule has 3 aromatic rings. The molecule has 2 aromatic heterocycles. The molecule has 0 aliphatic carbocycles. The lowest BCUT2D eigenvalue weighted by molar-refractivity contribution is 0.316. The van der Waals surface area contributed by atoms with Gasteiger partial charge in [-0.1, -0.05) is 6.07 Å². The van der Waals surface area contributed by atoms with Crippen LogP contribution in [0.2, 0.25) is 0 Å². The number of nitrogens with zero attached hydrogens (tertiary/aromatic N) is 2. The van der Waals surface area contributed by atoms with Gasteiger partial charge in [-0.25, -0.2) is 4.98 Å². The Morgan fingerprint density at radius 2 is 2.05 bits per heavy atom. The number of hydrogen-bond donors (Lipinski definition) is 0. The van der Waals surface area contributed by atoms with E-state index in [0.717, 1.165) is 34.6 Å². The van der Waals surface area contributed by atoms with Crippen LogP contribution in [0.25, 0.3) is 16.9 Å². The van der Waals surface area contributed by atoms with Gasteiger partial charge in [0.05, 0.1) is 12.3 Å². The van der Waals surface area contributed by atoms with Gasteiger partial charge >= 0.3 is 0 Å². The molecule has 0 unspecified atom stereocenters. The van der Waals surface area contributed by atoms with E-state index in [9.17, 15) is 0 Å². The highest BCUT2D eigenvalue weighted by molar-refractivity contribution is 6.17. The Morgan fingerprint density at radius 3 is 2.77 bits per heavy atom. The number of aryl methyl sites for hydroxylation is 2. The Kier molecular flexibility index (Phi) is 4.34. The van der Waals surface area contributed by atoms with E-state index < -0.39 is 0 Å². The number of ether oxygens (including phenoxy) is 1. The van der Waals surface area contributed by atoms with Gasteiger partial charge in [-0.05, 0) is 55.7 Å². The van der Waals surface area contributed by atoms with Crippen LogP contribution in [0.4, 0.5) is 0 Å². The van der Waals surface area contributed by atoms with Crippen molar-refractivity contribution in [2.24, 2.45) is 0 Å². The van der Waals surface area contributed by atoms with Gasteiger partial charge < -0.3 is 9.14 Å². The minimum atomic E-state index is 0.623. The summed E-state index contributed by atoms with van der Waals surface area (Å²) in [6, 6.07) is 10.3. The molecule has 0 aliphatic heterocycles. The molecule has 0 saturated heterocycles. The zero-order valence-electron chi connectivity index (χ0n) is 12.8. The summed E-state index contributed by atoms with van der Waals surface area (Å²) in [5.41, 5.74) is 5.36. The van der Waals surface area contributed by atoms with E-state index >= 15 is 0 Å². The summed E-state index contributed by atoms with van der Waals surface area (Å²) in [5, 5.41) is 0. The summed E-state index contributed by atoms with van der Waals surface area (Å²) in [6.07, 6.45) is 4.94. The molecular weight excluding hydrogens is 296 g/mol. The number of imidazole rings is 1. The SMILES string of the molecule is Cc1cc(-c2cn3cccc(C)c3n2)ccc1OCCCCl. The van der Waals surface area contributed by atoms with Gasteiger partial charge in [0, 0.05) is 23.8 Å². The summed E-state index contributed by atoms with van der Waals surface area (Å²) < 4.78 is 7.80. The zero-order chi connectivity index (χ0) is 15.5. The quantitative estimate of drug-likeness (QED) is 0.507. The predicted octanol–water partition coefficient (Wildman–Crippen LogP) is 4.63. The average molecular weight is 315 g/mol. The average Bonchev–Trinajstić information content (AvgIpc) is 2.95. The number of halogens is 1. The minimum Gasteiger partial charge on any atom is -0.493 e. The van der Waals surface area contributed by atoms with E-state index in [1.165, 1.54) is 5.56 Å². The molecule has 0 bridgehead atoms. The summed E-state index contributed by atoms with van der Waals surface area (Å²) >= 11 is 5.67. The first-order chi connectivity index (χ1) is 10.7. The second-order valence-corrected chi connectivity index (χ2v) is 5.80. The van der Waals surface area contributed by atoms with Crippen LogP contribution in [0.3, 0.4) is 0 Å². The molecule has 0 radical (unpaired) electrons. The predicted molar refractivity (Wildman–Crippen MR) is 90.9 cm³/mol. The number of rotatable bonds is 5. The second-order valence-electron chi connectivity index (χ2n) is 5.42. The zero-order valence-corrected chi connectivity index (χ0v) is 13.6. The molecule has 0 N–H and O–H groups in total. The molecular formula is C18H19ClN2O. The summed E-state index contributed by atoms with van der Waals surface area (Å²) in [5.74, 6) is 1.53. The Labute approximate surface area is 135 Å². The number of pyridine rings is 1. The van der Waals surface area contributed by atoms with E-state index in [-0.39, 0.29) is 0 Å². The van der Waals surface area contributed by atoms with Crippen LogP contribution in [-0.2, 0) is 0 Å². The highest BCUT2D eigenvalue weighted by Gasteiger charge is 2.08. The molecule has 0 amide bonds. The molecule has 0 fully saturated rings. The van der Waals surface area contributed by atoms with Gasteiger partial charge in [-0.15, -0.1) is 11.6 Å². The van der Waals surface area contributed by atoms with E-state index in [1.54, 1.807) is 0 Å². The Bertz CT molecular complexity index is 795. The number of fused-ring (bicyclic) bond motifs is 1. The van der Waals surface area contributed by atoms with Crippen LogP contribution < -0.4 is 4.74 Å². The number of alkyl halides is 1. The number of hydrogen-bond acceptors (Lipinski definition) is 2. The molecule has 0 aliphatic rings. The second kappa shape index (κ2) is 6.41. The van der Waals surface area contributed by atoms with Crippen molar-refractivity contribution in [3.05, 3.63) is 53.9 Å². The molecule has 4 heteroatoms. The van der Waals surface area contributed by atoms with Crippen molar-refractivity contribution in [2.45, 2.75) is 20.3 Å². The minimum absolute atomic E-state index is 0.623. The Balaban J connectivity index is 1.90. The first kappa shape index (κ1) is 14.9. The van der Waals surface area contributed by atoms with Gasteiger partial charge in [0.15, 0.2) is 0 Å². The summed E-state index contributed by atoms with van der Waals surface area (Å²) in [7, 11) is 0. The molecule has 3 nitrogen and oxygen atoms in total. The van der Waals surface area contributed by atoms with Crippen molar-refractivity contribution in [2.75, 3.05) is 12.5 Å². The van der Waals surface area contributed by atoms with Crippen molar-refractivity contribution in [1.82, 2.24) is 9.38 Å². The van der Waals surface area contributed by atoms with E-state index in [1.807, 2.05) is 18.3 Å². The molecule has 114 valence electrons. The van der Waals surface area contributed by atoms with E-state index in [2.05, 4.69) is 42.6 Å². The number of benzene rings is 1. The monoisotopic (exact) mass is 314 g/mol. The molecule has 0 saturated carbocycles. The third-order valence-electron chi connectivity index (χ3n) is 3.68. The molecule has 3 rings (SSSR count). The van der Waals surface area contributed by atoms with Crippen molar-refractivity contribution >= 4 is 17.2 Å². The third-order valence-corrected chi connectivity index (χ3v) is 3.95. The first-order valence-corrected chi connectivity index (χ1v) is 7.96. The molecule has 0 spiro atoms. The van der Waals surface area contributed by atoms with Crippen LogP contribution in [0, 0.1) is 13.8 Å². The molecule has 0 atom stereocenters. The summed E-state index contributed by atoms with van der Waals surface area (Å²) in [4.78, 5) is 4.73. The van der Waals surface area contributed by atoms with Gasteiger partial charge in [0.2, 0.25) is 0 Å². The maximum Gasteiger partial charge on any atom is 0.140 e. The fourth-order valence-electron chi connectivity index (χ4n) is 2.50. The van der Waals surface area contributed by atoms with Crippen LogP contribution >= 0.6 is 11.6 Å². The normalized spacial score (nSPS) is 11.0. The van der Waals surface area contributed by atoms with Gasteiger partial charge in [0.25, 0.3) is 0 Å². The van der Waals surface area contributed by atoms with E-state index in [0.29, 0.717) is 12.5 Å². The van der Waals surface area contributed by atoms with Crippen molar-refractivity contribution < 1.29 is 4.74 Å². The van der Waals surface area contributed by atoms with Crippen molar-refractivity contribution in [3.63, 3.8) is 0 Å². The Hall–Kier alpha value is -2.00. The van der Waals surface area contributed by atoms with Crippen molar-refractivity contribution in [3.8, 4) is 17.0 Å². The van der Waals surface area contributed by atoms with Gasteiger partial charge in [-0.2, -0.15) is 0 Å². The lowest BCUT2D eigenvalue weighted by Gasteiger charge is -2.09. The lowest BCUT2D eigenvalue weighted by Crippen LogP contribution is -1.99. The van der Waals surface area contributed by atoms with Crippen LogP contribution in [0.1, 0.15) is 17.5 Å². The largest absolute Gasteiger partial charge is 0.493 e. The fourth-order valence-corrected chi connectivity index (χ4v) is 2.61. The maximum atomic E-state index is 5.74. The summed E-state index contributed by atoms with van der Waals surface area (Å²) in [6.45, 7) is 4.78. The van der Waals surface area contributed by atoms with Gasteiger partial charge in [0.1, 0.15) is 11.4 Å². The van der Waals surface area contributed by atoms with E-state index in [4.69, 9.17) is 21.3 Å². The highest BCUT2D eigenvalue weighted by Crippen LogP contribution is 2.26.